The molecule has 0 radical (unpaired) electrons. The number of ether oxygens (including phenoxy) is 1. The van der Waals surface area contributed by atoms with Gasteiger partial charge in [-0.15, -0.1) is 6.42 Å². The van der Waals surface area contributed by atoms with E-state index < -0.39 is 0 Å². The van der Waals surface area contributed by atoms with E-state index in [1.54, 1.807) is 0 Å². The lowest BCUT2D eigenvalue weighted by atomic mass is 9.96. The third-order valence-electron chi connectivity index (χ3n) is 1.91. The molecule has 0 aliphatic heterocycles. The fourth-order valence-electron chi connectivity index (χ4n) is 0.996. The molecule has 1 saturated carbocycles. The Kier molecular flexibility index (Phi) is 4.03. The van der Waals surface area contributed by atoms with Crippen molar-refractivity contribution < 1.29 is 4.74 Å². The summed E-state index contributed by atoms with van der Waals surface area (Å²) in [6, 6.07) is 0. The second kappa shape index (κ2) is 5.17. The highest BCUT2D eigenvalue weighted by atomic mass is 16.5. The van der Waals surface area contributed by atoms with Crippen LogP contribution in [0.3, 0.4) is 0 Å². The molecular formula is C9H15NO. The molecule has 0 saturated heterocycles. The van der Waals surface area contributed by atoms with E-state index in [2.05, 4.69) is 11.2 Å². The summed E-state index contributed by atoms with van der Waals surface area (Å²) in [4.78, 5) is 0. The Labute approximate surface area is 68.3 Å². The van der Waals surface area contributed by atoms with E-state index in [1.807, 2.05) is 0 Å². The van der Waals surface area contributed by atoms with Gasteiger partial charge < -0.3 is 10.1 Å². The van der Waals surface area contributed by atoms with Gasteiger partial charge in [0.2, 0.25) is 0 Å². The molecular weight excluding hydrogens is 138 g/mol. The van der Waals surface area contributed by atoms with Crippen molar-refractivity contribution in [1.82, 2.24) is 5.32 Å². The van der Waals surface area contributed by atoms with Crippen LogP contribution in [-0.2, 0) is 4.74 Å². The monoisotopic (exact) mass is 153 g/mol. The summed E-state index contributed by atoms with van der Waals surface area (Å²) in [5, 5.41) is 3.08. The molecule has 1 fully saturated rings. The summed E-state index contributed by atoms with van der Waals surface area (Å²) in [6.07, 6.45) is 9.42. The van der Waals surface area contributed by atoms with Gasteiger partial charge in [0, 0.05) is 6.54 Å². The average molecular weight is 153 g/mol. The van der Waals surface area contributed by atoms with Crippen molar-refractivity contribution >= 4 is 0 Å². The van der Waals surface area contributed by atoms with Crippen LogP contribution in [-0.4, -0.2) is 25.8 Å². The average Bonchev–Trinajstić information content (AvgIpc) is 1.93. The fraction of sp³-hybridized carbons (Fsp3) is 0.778. The van der Waals surface area contributed by atoms with Crippen LogP contribution in [0.5, 0.6) is 0 Å². The van der Waals surface area contributed by atoms with Crippen LogP contribution < -0.4 is 5.32 Å². The second-order valence-corrected chi connectivity index (χ2v) is 2.80. The standard InChI is InChI=1S/C9H15NO/c1-2-6-10-7-8-11-9-4-3-5-9/h1,9-10H,3-8H2. The topological polar surface area (TPSA) is 21.3 Å². The highest BCUT2D eigenvalue weighted by molar-refractivity contribution is 4.86. The summed E-state index contributed by atoms with van der Waals surface area (Å²) in [5.41, 5.74) is 0. The Morgan fingerprint density at radius 2 is 2.36 bits per heavy atom. The third kappa shape index (κ3) is 3.41. The molecule has 1 aliphatic rings. The maximum absolute atomic E-state index is 5.49. The van der Waals surface area contributed by atoms with E-state index in [4.69, 9.17) is 11.2 Å². The molecule has 0 aromatic heterocycles. The Balaban J connectivity index is 1.77. The van der Waals surface area contributed by atoms with Crippen LogP contribution in [0.4, 0.5) is 0 Å². The van der Waals surface area contributed by atoms with E-state index in [9.17, 15) is 0 Å². The minimum absolute atomic E-state index is 0.544. The Morgan fingerprint density at radius 3 is 2.91 bits per heavy atom. The molecule has 62 valence electrons. The van der Waals surface area contributed by atoms with E-state index in [0.29, 0.717) is 12.6 Å². The quantitative estimate of drug-likeness (QED) is 0.465. The Morgan fingerprint density at radius 1 is 1.55 bits per heavy atom. The smallest absolute Gasteiger partial charge is 0.0595 e. The lowest BCUT2D eigenvalue weighted by Gasteiger charge is -2.25. The molecule has 0 amide bonds. The predicted octanol–water partition coefficient (Wildman–Crippen LogP) is 0.778. The summed E-state index contributed by atoms with van der Waals surface area (Å²) < 4.78 is 5.49. The van der Waals surface area contributed by atoms with Crippen molar-refractivity contribution in [2.45, 2.75) is 25.4 Å². The first-order valence-corrected chi connectivity index (χ1v) is 4.19. The molecule has 0 unspecified atom stereocenters. The minimum atomic E-state index is 0.544. The molecule has 1 aliphatic carbocycles. The van der Waals surface area contributed by atoms with Crippen LogP contribution in [0.2, 0.25) is 0 Å². The molecule has 11 heavy (non-hydrogen) atoms. The molecule has 2 nitrogen and oxygen atoms in total. The van der Waals surface area contributed by atoms with Crippen molar-refractivity contribution in [3.05, 3.63) is 0 Å². The zero-order chi connectivity index (χ0) is 7.94. The Hall–Kier alpha value is -0.520. The van der Waals surface area contributed by atoms with Crippen molar-refractivity contribution in [3.8, 4) is 12.3 Å². The summed E-state index contributed by atoms with van der Waals surface area (Å²) in [7, 11) is 0. The van der Waals surface area contributed by atoms with Gasteiger partial charge in [-0.25, -0.2) is 0 Å². The first-order valence-electron chi connectivity index (χ1n) is 4.19. The maximum Gasteiger partial charge on any atom is 0.0595 e. The maximum atomic E-state index is 5.49. The summed E-state index contributed by atoms with van der Waals surface area (Å²) >= 11 is 0. The van der Waals surface area contributed by atoms with Gasteiger partial charge in [0.05, 0.1) is 19.3 Å². The SMILES string of the molecule is C#CCNCCOC1CCC1. The van der Waals surface area contributed by atoms with Gasteiger partial charge in [-0.1, -0.05) is 5.92 Å². The summed E-state index contributed by atoms with van der Waals surface area (Å²) in [5.74, 6) is 2.52. The second-order valence-electron chi connectivity index (χ2n) is 2.80. The fourth-order valence-corrected chi connectivity index (χ4v) is 0.996. The van der Waals surface area contributed by atoms with Crippen molar-refractivity contribution in [2.75, 3.05) is 19.7 Å². The van der Waals surface area contributed by atoms with Crippen LogP contribution in [0.15, 0.2) is 0 Å². The number of rotatable bonds is 5. The van der Waals surface area contributed by atoms with Gasteiger partial charge in [0.25, 0.3) is 0 Å². The van der Waals surface area contributed by atoms with E-state index >= 15 is 0 Å². The summed E-state index contributed by atoms with van der Waals surface area (Å²) in [6.45, 7) is 2.32. The highest BCUT2D eigenvalue weighted by Gasteiger charge is 2.16. The van der Waals surface area contributed by atoms with Gasteiger partial charge >= 0.3 is 0 Å². The van der Waals surface area contributed by atoms with E-state index in [1.165, 1.54) is 19.3 Å². The molecule has 0 aromatic rings. The molecule has 1 N–H and O–H groups in total. The number of hydrogen-bond acceptors (Lipinski definition) is 2. The first-order chi connectivity index (χ1) is 5.43. The van der Waals surface area contributed by atoms with Gasteiger partial charge in [0.1, 0.15) is 0 Å². The zero-order valence-electron chi connectivity index (χ0n) is 6.81. The Bertz CT molecular complexity index is 135. The molecule has 0 atom stereocenters. The van der Waals surface area contributed by atoms with E-state index in [-0.39, 0.29) is 0 Å². The van der Waals surface area contributed by atoms with Crippen LogP contribution >= 0.6 is 0 Å². The van der Waals surface area contributed by atoms with Crippen molar-refractivity contribution in [2.24, 2.45) is 0 Å². The van der Waals surface area contributed by atoms with Gasteiger partial charge in [-0.2, -0.15) is 0 Å². The van der Waals surface area contributed by atoms with Crippen molar-refractivity contribution in [3.63, 3.8) is 0 Å². The highest BCUT2D eigenvalue weighted by Crippen LogP contribution is 2.21. The molecule has 0 spiro atoms. The third-order valence-corrected chi connectivity index (χ3v) is 1.91. The normalized spacial score (nSPS) is 17.4. The van der Waals surface area contributed by atoms with Crippen LogP contribution in [0.25, 0.3) is 0 Å². The van der Waals surface area contributed by atoms with Gasteiger partial charge in [0.15, 0.2) is 0 Å². The molecule has 2 heteroatoms. The van der Waals surface area contributed by atoms with Crippen LogP contribution in [0.1, 0.15) is 19.3 Å². The molecule has 0 aromatic carbocycles. The molecule has 1 rings (SSSR count). The first kappa shape index (κ1) is 8.58. The molecule has 0 heterocycles. The largest absolute Gasteiger partial charge is 0.377 e. The van der Waals surface area contributed by atoms with Gasteiger partial charge in [-0.05, 0) is 19.3 Å². The number of terminal acetylenes is 1. The lowest BCUT2D eigenvalue weighted by molar-refractivity contribution is 0.00459. The van der Waals surface area contributed by atoms with Crippen molar-refractivity contribution in [1.29, 1.82) is 0 Å². The number of hydrogen-bond donors (Lipinski definition) is 1. The number of nitrogens with one attached hydrogen (secondary N) is 1. The van der Waals surface area contributed by atoms with Crippen LogP contribution in [0, 0.1) is 12.3 Å². The van der Waals surface area contributed by atoms with E-state index in [0.717, 1.165) is 13.2 Å². The zero-order valence-corrected chi connectivity index (χ0v) is 6.81. The molecule has 0 bridgehead atoms. The lowest BCUT2D eigenvalue weighted by Crippen LogP contribution is -2.27. The predicted molar refractivity (Wildman–Crippen MR) is 45.3 cm³/mol. The minimum Gasteiger partial charge on any atom is -0.377 e. The van der Waals surface area contributed by atoms with Gasteiger partial charge in [-0.3, -0.25) is 0 Å².